The molecule has 2 nitrogen and oxygen atoms in total. The van der Waals surface area contributed by atoms with Gasteiger partial charge in [-0.25, -0.2) is 0 Å². The third-order valence-corrected chi connectivity index (χ3v) is 4.55. The van der Waals surface area contributed by atoms with E-state index in [-0.39, 0.29) is 11.6 Å². The number of hydrogen-bond donors (Lipinski definition) is 1. The molecule has 0 spiro atoms. The number of rotatable bonds is 6. The average molecular weight is 275 g/mol. The quantitative estimate of drug-likeness (QED) is 0.836. The summed E-state index contributed by atoms with van der Waals surface area (Å²) in [6, 6.07) is 8.79. The topological polar surface area (TPSA) is 35.2 Å². The highest BCUT2D eigenvalue weighted by Crippen LogP contribution is 2.40. The van der Waals surface area contributed by atoms with E-state index in [0.29, 0.717) is 0 Å². The lowest BCUT2D eigenvalue weighted by Crippen LogP contribution is -2.45. The van der Waals surface area contributed by atoms with Gasteiger partial charge in [0.15, 0.2) is 0 Å². The fourth-order valence-corrected chi connectivity index (χ4v) is 3.52. The minimum absolute atomic E-state index is 0.000411. The number of benzene rings is 1. The van der Waals surface area contributed by atoms with E-state index in [9.17, 15) is 0 Å². The van der Waals surface area contributed by atoms with Gasteiger partial charge < -0.3 is 10.5 Å². The largest absolute Gasteiger partial charge is 0.373 e. The monoisotopic (exact) mass is 275 g/mol. The van der Waals surface area contributed by atoms with E-state index in [1.165, 1.54) is 36.8 Å². The van der Waals surface area contributed by atoms with Crippen LogP contribution in [0.15, 0.2) is 24.3 Å². The van der Waals surface area contributed by atoms with Crippen molar-refractivity contribution in [3.63, 3.8) is 0 Å². The van der Waals surface area contributed by atoms with Crippen LogP contribution in [-0.2, 0) is 11.2 Å². The van der Waals surface area contributed by atoms with Gasteiger partial charge in [0.05, 0.1) is 11.6 Å². The number of hydrogen-bond acceptors (Lipinski definition) is 2. The van der Waals surface area contributed by atoms with Crippen LogP contribution >= 0.6 is 0 Å². The van der Waals surface area contributed by atoms with Crippen LogP contribution in [0.5, 0.6) is 0 Å². The van der Waals surface area contributed by atoms with Crippen molar-refractivity contribution < 1.29 is 4.74 Å². The van der Waals surface area contributed by atoms with Crippen LogP contribution < -0.4 is 5.73 Å². The molecule has 20 heavy (non-hydrogen) atoms. The smallest absolute Gasteiger partial charge is 0.0874 e. The number of ether oxygens (including phenoxy) is 1. The van der Waals surface area contributed by atoms with E-state index in [1.54, 1.807) is 0 Å². The molecule has 0 bridgehead atoms. The predicted molar refractivity (Wildman–Crippen MR) is 84.8 cm³/mol. The molecular formula is C18H29NO. The Morgan fingerprint density at radius 3 is 2.60 bits per heavy atom. The molecule has 0 amide bonds. The highest BCUT2D eigenvalue weighted by Gasteiger charge is 2.39. The summed E-state index contributed by atoms with van der Waals surface area (Å²) in [4.78, 5) is 0. The van der Waals surface area contributed by atoms with Crippen LogP contribution in [0.2, 0.25) is 0 Å². The van der Waals surface area contributed by atoms with Gasteiger partial charge in [-0.3, -0.25) is 0 Å². The van der Waals surface area contributed by atoms with E-state index < -0.39 is 0 Å². The highest BCUT2D eigenvalue weighted by atomic mass is 16.5. The molecule has 1 aromatic carbocycles. The molecule has 1 saturated carbocycles. The average Bonchev–Trinajstić information content (AvgIpc) is 2.48. The molecule has 1 aliphatic rings. The van der Waals surface area contributed by atoms with Crippen molar-refractivity contribution in [3.05, 3.63) is 35.4 Å². The van der Waals surface area contributed by atoms with Crippen molar-refractivity contribution in [3.8, 4) is 0 Å². The molecule has 1 aliphatic carbocycles. The van der Waals surface area contributed by atoms with Crippen molar-refractivity contribution in [2.75, 3.05) is 6.61 Å². The van der Waals surface area contributed by atoms with Gasteiger partial charge in [-0.1, -0.05) is 56.9 Å². The molecule has 0 saturated heterocycles. The Morgan fingerprint density at radius 1 is 1.20 bits per heavy atom. The summed E-state index contributed by atoms with van der Waals surface area (Å²) < 4.78 is 6.16. The standard InChI is InChI=1S/C18H29NO/c1-3-9-15-10-8-11-16(14-15)17(19)18(20-4-2)12-6-5-7-13-18/h8,10-11,14,17H,3-7,9,12-13,19H2,1-2H3. The fourth-order valence-electron chi connectivity index (χ4n) is 3.52. The van der Waals surface area contributed by atoms with E-state index in [0.717, 1.165) is 25.9 Å². The number of aryl methyl sites for hydroxylation is 1. The van der Waals surface area contributed by atoms with Crippen molar-refractivity contribution in [1.82, 2.24) is 0 Å². The Morgan fingerprint density at radius 2 is 1.95 bits per heavy atom. The first-order chi connectivity index (χ1) is 9.72. The SMILES string of the molecule is CCCc1cccc(C(N)C2(OCC)CCCCC2)c1. The molecule has 1 aromatic rings. The van der Waals surface area contributed by atoms with Gasteiger partial charge >= 0.3 is 0 Å². The highest BCUT2D eigenvalue weighted by molar-refractivity contribution is 5.28. The second-order valence-corrected chi connectivity index (χ2v) is 6.03. The molecule has 2 heteroatoms. The molecule has 112 valence electrons. The molecular weight excluding hydrogens is 246 g/mol. The summed E-state index contributed by atoms with van der Waals surface area (Å²) in [6.07, 6.45) is 8.29. The maximum Gasteiger partial charge on any atom is 0.0874 e. The second kappa shape index (κ2) is 7.24. The molecule has 0 radical (unpaired) electrons. The zero-order valence-electron chi connectivity index (χ0n) is 13.0. The maximum absolute atomic E-state index is 6.63. The van der Waals surface area contributed by atoms with Gasteiger partial charge in [0.2, 0.25) is 0 Å². The zero-order chi connectivity index (χ0) is 14.4. The van der Waals surface area contributed by atoms with Crippen molar-refractivity contribution >= 4 is 0 Å². The predicted octanol–water partition coefficient (Wildman–Crippen LogP) is 4.38. The van der Waals surface area contributed by atoms with Crippen molar-refractivity contribution in [1.29, 1.82) is 0 Å². The first-order valence-corrected chi connectivity index (χ1v) is 8.20. The summed E-state index contributed by atoms with van der Waals surface area (Å²) in [5, 5.41) is 0. The summed E-state index contributed by atoms with van der Waals surface area (Å²) in [7, 11) is 0. The molecule has 1 atom stereocenters. The van der Waals surface area contributed by atoms with E-state index in [4.69, 9.17) is 10.5 Å². The lowest BCUT2D eigenvalue weighted by atomic mass is 9.76. The number of nitrogens with two attached hydrogens (primary N) is 1. The first kappa shape index (κ1) is 15.5. The molecule has 0 aliphatic heterocycles. The third kappa shape index (κ3) is 3.42. The normalized spacial score (nSPS) is 19.8. The van der Waals surface area contributed by atoms with Crippen LogP contribution in [0.3, 0.4) is 0 Å². The minimum atomic E-state index is -0.141. The lowest BCUT2D eigenvalue weighted by molar-refractivity contribution is -0.0830. The molecule has 2 rings (SSSR count). The van der Waals surface area contributed by atoms with Gasteiger partial charge in [0, 0.05) is 6.61 Å². The van der Waals surface area contributed by atoms with Gasteiger partial charge in [0.25, 0.3) is 0 Å². The van der Waals surface area contributed by atoms with Gasteiger partial charge in [-0.15, -0.1) is 0 Å². The Bertz CT molecular complexity index is 404. The Kier molecular flexibility index (Phi) is 5.62. The second-order valence-electron chi connectivity index (χ2n) is 6.03. The molecule has 0 aromatic heterocycles. The van der Waals surface area contributed by atoms with E-state index in [1.807, 2.05) is 0 Å². The molecule has 1 unspecified atom stereocenters. The zero-order valence-corrected chi connectivity index (χ0v) is 13.0. The molecule has 0 heterocycles. The minimum Gasteiger partial charge on any atom is -0.373 e. The maximum atomic E-state index is 6.63. The Labute approximate surface area is 123 Å². The van der Waals surface area contributed by atoms with Crippen molar-refractivity contribution in [2.45, 2.75) is 70.4 Å². The Hall–Kier alpha value is -0.860. The van der Waals surface area contributed by atoms with Crippen LogP contribution in [0.4, 0.5) is 0 Å². The van der Waals surface area contributed by atoms with Gasteiger partial charge in [-0.05, 0) is 37.3 Å². The summed E-state index contributed by atoms with van der Waals surface area (Å²) >= 11 is 0. The Balaban J connectivity index is 2.22. The van der Waals surface area contributed by atoms with Crippen LogP contribution in [-0.4, -0.2) is 12.2 Å². The van der Waals surface area contributed by atoms with E-state index in [2.05, 4.69) is 38.1 Å². The van der Waals surface area contributed by atoms with Gasteiger partial charge in [0.1, 0.15) is 0 Å². The third-order valence-electron chi connectivity index (χ3n) is 4.55. The van der Waals surface area contributed by atoms with Crippen LogP contribution in [0, 0.1) is 0 Å². The van der Waals surface area contributed by atoms with Gasteiger partial charge in [-0.2, -0.15) is 0 Å². The molecule has 1 fully saturated rings. The van der Waals surface area contributed by atoms with Crippen LogP contribution in [0.25, 0.3) is 0 Å². The lowest BCUT2D eigenvalue weighted by Gasteiger charge is -2.42. The first-order valence-electron chi connectivity index (χ1n) is 8.20. The summed E-state index contributed by atoms with van der Waals surface area (Å²) in [6.45, 7) is 5.05. The summed E-state index contributed by atoms with van der Waals surface area (Å²) in [5.41, 5.74) is 9.12. The fraction of sp³-hybridized carbons (Fsp3) is 0.667. The summed E-state index contributed by atoms with van der Waals surface area (Å²) in [5.74, 6) is 0. The van der Waals surface area contributed by atoms with E-state index >= 15 is 0 Å². The molecule has 2 N–H and O–H groups in total. The van der Waals surface area contributed by atoms with Crippen molar-refractivity contribution in [2.24, 2.45) is 5.73 Å². The van der Waals surface area contributed by atoms with Crippen LogP contribution in [0.1, 0.15) is 69.5 Å².